The lowest BCUT2D eigenvalue weighted by Gasteiger charge is -2.30. The number of hydrogen-bond acceptors (Lipinski definition) is 4. The van der Waals surface area contributed by atoms with Gasteiger partial charge in [0.2, 0.25) is 5.91 Å². The summed E-state index contributed by atoms with van der Waals surface area (Å²) in [5.41, 5.74) is 6.08. The Morgan fingerprint density at radius 3 is 2.56 bits per heavy atom. The van der Waals surface area contributed by atoms with E-state index in [1.165, 1.54) is 19.9 Å². The fourth-order valence-corrected chi connectivity index (χ4v) is 3.11. The maximum absolute atomic E-state index is 12.2. The third-order valence-corrected chi connectivity index (χ3v) is 5.25. The zero-order valence-electron chi connectivity index (χ0n) is 8.94. The number of carbonyl (C=O) groups is 1. The van der Waals surface area contributed by atoms with Gasteiger partial charge in [-0.25, -0.2) is 8.42 Å². The molecule has 0 saturated carbocycles. The van der Waals surface area contributed by atoms with E-state index in [2.05, 4.69) is 5.32 Å². The van der Waals surface area contributed by atoms with Crippen molar-refractivity contribution in [3.8, 4) is 0 Å². The van der Waals surface area contributed by atoms with Crippen molar-refractivity contribution in [1.29, 1.82) is 0 Å². The van der Waals surface area contributed by atoms with Crippen molar-refractivity contribution in [2.45, 2.75) is 23.5 Å². The Labute approximate surface area is 93.6 Å². The van der Waals surface area contributed by atoms with Crippen molar-refractivity contribution < 1.29 is 13.2 Å². The zero-order valence-corrected chi connectivity index (χ0v) is 9.76. The molecule has 1 aliphatic heterocycles. The van der Waals surface area contributed by atoms with Crippen LogP contribution in [0.2, 0.25) is 0 Å². The smallest absolute Gasteiger partial charge is 0.245 e. The van der Waals surface area contributed by atoms with Crippen LogP contribution in [0.3, 0.4) is 0 Å². The third-order valence-electron chi connectivity index (χ3n) is 2.81. The number of hydrogen-bond donors (Lipinski definition) is 2. The molecule has 0 aliphatic carbocycles. The lowest BCUT2D eigenvalue weighted by atomic mass is 10.1. The van der Waals surface area contributed by atoms with Gasteiger partial charge in [-0.2, -0.15) is 0 Å². The molecule has 2 rings (SSSR count). The minimum atomic E-state index is -3.68. The SMILES string of the molecule is CC1(C)C(=O)Nc2c(N)cccc2S1(=O)=O. The van der Waals surface area contributed by atoms with E-state index in [0.717, 1.165) is 0 Å². The highest BCUT2D eigenvalue weighted by Gasteiger charge is 2.47. The van der Waals surface area contributed by atoms with Crippen LogP contribution in [0.15, 0.2) is 23.1 Å². The Kier molecular flexibility index (Phi) is 2.03. The van der Waals surface area contributed by atoms with Crippen LogP contribution in [0.1, 0.15) is 13.8 Å². The molecule has 86 valence electrons. The maximum atomic E-state index is 12.2. The lowest BCUT2D eigenvalue weighted by Crippen LogP contribution is -2.48. The molecular weight excluding hydrogens is 228 g/mol. The minimum absolute atomic E-state index is 0.0806. The highest BCUT2D eigenvalue weighted by molar-refractivity contribution is 7.94. The molecule has 0 radical (unpaired) electrons. The van der Waals surface area contributed by atoms with Crippen molar-refractivity contribution in [1.82, 2.24) is 0 Å². The van der Waals surface area contributed by atoms with Gasteiger partial charge in [0, 0.05) is 0 Å². The van der Waals surface area contributed by atoms with E-state index in [1.807, 2.05) is 0 Å². The van der Waals surface area contributed by atoms with Gasteiger partial charge in [0.05, 0.1) is 16.3 Å². The molecule has 1 aromatic rings. The van der Waals surface area contributed by atoms with Gasteiger partial charge in [0.1, 0.15) is 4.75 Å². The fourth-order valence-electron chi connectivity index (χ4n) is 1.57. The molecule has 0 unspecified atom stereocenters. The number of nitrogens with two attached hydrogens (primary N) is 1. The Morgan fingerprint density at radius 2 is 1.94 bits per heavy atom. The number of carbonyl (C=O) groups excluding carboxylic acids is 1. The molecule has 1 aromatic carbocycles. The summed E-state index contributed by atoms with van der Waals surface area (Å²) < 4.78 is 22.9. The van der Waals surface area contributed by atoms with Crippen LogP contribution in [0.5, 0.6) is 0 Å². The predicted molar refractivity (Wildman–Crippen MR) is 60.7 cm³/mol. The number of nitrogens with one attached hydrogen (secondary N) is 1. The van der Waals surface area contributed by atoms with Gasteiger partial charge in [-0.3, -0.25) is 4.79 Å². The molecule has 1 heterocycles. The van der Waals surface area contributed by atoms with E-state index in [1.54, 1.807) is 12.1 Å². The molecule has 16 heavy (non-hydrogen) atoms. The van der Waals surface area contributed by atoms with Crippen molar-refractivity contribution in [3.05, 3.63) is 18.2 Å². The summed E-state index contributed by atoms with van der Waals surface area (Å²) in [6.07, 6.45) is 0. The van der Waals surface area contributed by atoms with Crippen molar-refractivity contribution in [2.24, 2.45) is 0 Å². The largest absolute Gasteiger partial charge is 0.397 e. The first-order valence-electron chi connectivity index (χ1n) is 4.73. The normalized spacial score (nSPS) is 21.0. The number of fused-ring (bicyclic) bond motifs is 1. The average molecular weight is 240 g/mol. The Bertz CT molecular complexity index is 576. The summed E-state index contributed by atoms with van der Waals surface area (Å²) >= 11 is 0. The summed E-state index contributed by atoms with van der Waals surface area (Å²) in [6.45, 7) is 2.76. The van der Waals surface area contributed by atoms with Gasteiger partial charge in [-0.15, -0.1) is 0 Å². The molecular formula is C10H12N2O3S. The first-order chi connectivity index (χ1) is 7.28. The van der Waals surface area contributed by atoms with Crippen LogP contribution < -0.4 is 11.1 Å². The molecule has 0 aromatic heterocycles. The molecule has 1 aliphatic rings. The van der Waals surface area contributed by atoms with Crippen LogP contribution in [0.4, 0.5) is 11.4 Å². The number of rotatable bonds is 0. The molecule has 1 amide bonds. The van der Waals surface area contributed by atoms with Crippen molar-refractivity contribution in [3.63, 3.8) is 0 Å². The second-order valence-electron chi connectivity index (χ2n) is 4.19. The maximum Gasteiger partial charge on any atom is 0.245 e. The molecule has 5 nitrogen and oxygen atoms in total. The summed E-state index contributed by atoms with van der Waals surface area (Å²) in [5, 5.41) is 2.53. The molecule has 0 fully saturated rings. The second-order valence-corrected chi connectivity index (χ2v) is 6.66. The lowest BCUT2D eigenvalue weighted by molar-refractivity contribution is -0.118. The number of anilines is 2. The van der Waals surface area contributed by atoms with Gasteiger partial charge < -0.3 is 11.1 Å². The monoisotopic (exact) mass is 240 g/mol. The second kappa shape index (κ2) is 2.98. The van der Waals surface area contributed by atoms with Crippen LogP contribution in [0, 0.1) is 0 Å². The Balaban J connectivity index is 2.83. The molecule has 0 atom stereocenters. The number of benzene rings is 1. The summed E-state index contributed by atoms with van der Waals surface area (Å²) in [4.78, 5) is 11.8. The van der Waals surface area contributed by atoms with Crippen molar-refractivity contribution >= 4 is 27.1 Å². The van der Waals surface area contributed by atoms with E-state index in [4.69, 9.17) is 5.73 Å². The summed E-state index contributed by atoms with van der Waals surface area (Å²) in [6, 6.07) is 4.55. The zero-order chi connectivity index (χ0) is 12.1. The van der Waals surface area contributed by atoms with E-state index in [-0.39, 0.29) is 16.3 Å². The first-order valence-corrected chi connectivity index (χ1v) is 6.21. The standard InChI is InChI=1S/C10H12N2O3S/c1-10(2)9(13)12-8-6(11)4-3-5-7(8)16(10,14)15/h3-5H,11H2,1-2H3,(H,12,13). The van der Waals surface area contributed by atoms with Crippen LogP contribution in [0.25, 0.3) is 0 Å². The first kappa shape index (κ1) is 10.9. The van der Waals surface area contributed by atoms with Gasteiger partial charge in [0.25, 0.3) is 0 Å². The van der Waals surface area contributed by atoms with Gasteiger partial charge in [0.15, 0.2) is 9.84 Å². The predicted octanol–water partition coefficient (Wildman–Crippen LogP) is 0.773. The molecule has 0 spiro atoms. The minimum Gasteiger partial charge on any atom is -0.397 e. The van der Waals surface area contributed by atoms with Crippen molar-refractivity contribution in [2.75, 3.05) is 11.1 Å². The van der Waals surface area contributed by atoms with Gasteiger partial charge >= 0.3 is 0 Å². The van der Waals surface area contributed by atoms with E-state index in [9.17, 15) is 13.2 Å². The molecule has 6 heteroatoms. The summed E-state index contributed by atoms with van der Waals surface area (Å²) in [5.74, 6) is -0.557. The number of nitrogen functional groups attached to an aromatic ring is 1. The molecule has 0 bridgehead atoms. The highest BCUT2D eigenvalue weighted by atomic mass is 32.2. The van der Waals surface area contributed by atoms with Gasteiger partial charge in [-0.05, 0) is 26.0 Å². The average Bonchev–Trinajstić information content (AvgIpc) is 2.18. The van der Waals surface area contributed by atoms with E-state index in [0.29, 0.717) is 0 Å². The van der Waals surface area contributed by atoms with E-state index < -0.39 is 20.5 Å². The topological polar surface area (TPSA) is 89.3 Å². The molecule has 3 N–H and O–H groups in total. The van der Waals surface area contributed by atoms with Gasteiger partial charge in [-0.1, -0.05) is 6.07 Å². The number of para-hydroxylation sites is 1. The highest BCUT2D eigenvalue weighted by Crippen LogP contribution is 2.39. The number of amides is 1. The molecule has 0 saturated heterocycles. The fraction of sp³-hybridized carbons (Fsp3) is 0.300. The Hall–Kier alpha value is -1.56. The Morgan fingerprint density at radius 1 is 1.31 bits per heavy atom. The summed E-state index contributed by atoms with van der Waals surface area (Å²) in [7, 11) is -3.68. The van der Waals surface area contributed by atoms with Crippen LogP contribution in [-0.2, 0) is 14.6 Å². The quantitative estimate of drug-likeness (QED) is 0.655. The van der Waals surface area contributed by atoms with Crippen LogP contribution >= 0.6 is 0 Å². The van der Waals surface area contributed by atoms with E-state index >= 15 is 0 Å². The van der Waals surface area contributed by atoms with Crippen LogP contribution in [-0.4, -0.2) is 19.1 Å². The third kappa shape index (κ3) is 1.16. The number of sulfone groups is 1.